The van der Waals surface area contributed by atoms with E-state index >= 15 is 0 Å². The number of amides is 2. The number of ketones is 2. The molecule has 0 aromatic heterocycles. The number of carbonyl (C=O) groups excluding carboxylic acids is 6. The summed E-state index contributed by atoms with van der Waals surface area (Å²) in [5.74, 6) is -2.74. The number of nitrogens with one attached hydrogen (secondary N) is 4. The van der Waals surface area contributed by atoms with Gasteiger partial charge in [0.15, 0.2) is 11.6 Å². The largest absolute Gasteiger partial charge is 0.468 e. The van der Waals surface area contributed by atoms with E-state index in [1.165, 1.54) is 50.6 Å². The van der Waals surface area contributed by atoms with Crippen LogP contribution in [0.15, 0.2) is 36.4 Å². The standard InChI is InChI=1S/C26H28N4O8/c1-13(25(35)37-3)27-11-21(31)29-15-5-7-17-19(9-15)23(33)18-8-6-16(10-20(18)24(17)34)30-22(32)12-28-14(2)26(36)38-4/h5-10,13-14,27-28H,11-12H2,1-4H3,(H,29,31)(H,30,32)/t13-,14-/m0/s1. The van der Waals surface area contributed by atoms with Crippen molar-refractivity contribution in [1.82, 2.24) is 10.6 Å². The molecule has 0 bridgehead atoms. The predicted octanol–water partition coefficient (Wildman–Crippen LogP) is 0.641. The van der Waals surface area contributed by atoms with Crippen LogP contribution in [0.2, 0.25) is 0 Å². The van der Waals surface area contributed by atoms with Gasteiger partial charge in [0, 0.05) is 33.6 Å². The van der Waals surface area contributed by atoms with Gasteiger partial charge in [-0.05, 0) is 50.2 Å². The lowest BCUT2D eigenvalue weighted by Crippen LogP contribution is -2.39. The molecular formula is C26H28N4O8. The van der Waals surface area contributed by atoms with Gasteiger partial charge in [0.05, 0.1) is 27.3 Å². The molecule has 12 heteroatoms. The Morgan fingerprint density at radius 2 is 1.03 bits per heavy atom. The van der Waals surface area contributed by atoms with Crippen molar-refractivity contribution in [3.63, 3.8) is 0 Å². The maximum atomic E-state index is 13.1. The molecule has 0 radical (unpaired) electrons. The van der Waals surface area contributed by atoms with Crippen molar-refractivity contribution < 1.29 is 38.2 Å². The van der Waals surface area contributed by atoms with E-state index in [0.717, 1.165) is 0 Å². The third-order valence-corrected chi connectivity index (χ3v) is 5.83. The molecule has 4 N–H and O–H groups in total. The molecule has 0 saturated carbocycles. The molecule has 0 fully saturated rings. The zero-order valence-electron chi connectivity index (χ0n) is 21.3. The van der Waals surface area contributed by atoms with Crippen LogP contribution in [0.25, 0.3) is 0 Å². The fraction of sp³-hybridized carbons (Fsp3) is 0.308. The second kappa shape index (κ2) is 12.2. The van der Waals surface area contributed by atoms with Crippen LogP contribution in [-0.4, -0.2) is 74.7 Å². The minimum Gasteiger partial charge on any atom is -0.468 e. The monoisotopic (exact) mass is 524 g/mol. The van der Waals surface area contributed by atoms with Gasteiger partial charge in [-0.3, -0.25) is 39.4 Å². The van der Waals surface area contributed by atoms with E-state index < -0.39 is 47.4 Å². The number of benzene rings is 2. The Balaban J connectivity index is 1.69. The van der Waals surface area contributed by atoms with Crippen LogP contribution < -0.4 is 21.3 Å². The molecular weight excluding hydrogens is 496 g/mol. The van der Waals surface area contributed by atoms with Crippen LogP contribution in [0.4, 0.5) is 11.4 Å². The first kappa shape index (κ1) is 28.2. The van der Waals surface area contributed by atoms with E-state index in [2.05, 4.69) is 30.7 Å². The number of esters is 2. The van der Waals surface area contributed by atoms with Gasteiger partial charge >= 0.3 is 11.9 Å². The zero-order valence-corrected chi connectivity index (χ0v) is 21.3. The highest BCUT2D eigenvalue weighted by Gasteiger charge is 2.30. The molecule has 1 aliphatic rings. The van der Waals surface area contributed by atoms with Gasteiger partial charge in [0.2, 0.25) is 11.8 Å². The molecule has 0 aliphatic heterocycles. The van der Waals surface area contributed by atoms with Gasteiger partial charge in [-0.1, -0.05) is 0 Å². The molecule has 38 heavy (non-hydrogen) atoms. The predicted molar refractivity (Wildman–Crippen MR) is 136 cm³/mol. The molecule has 2 aromatic carbocycles. The smallest absolute Gasteiger partial charge is 0.322 e. The number of carbonyl (C=O) groups is 6. The number of fused-ring (bicyclic) bond motifs is 2. The van der Waals surface area contributed by atoms with Gasteiger partial charge < -0.3 is 20.1 Å². The highest BCUT2D eigenvalue weighted by atomic mass is 16.5. The Morgan fingerprint density at radius 1 is 0.658 bits per heavy atom. The fourth-order valence-electron chi connectivity index (χ4n) is 3.73. The Bertz CT molecular complexity index is 1210. The molecule has 0 spiro atoms. The van der Waals surface area contributed by atoms with E-state index in [9.17, 15) is 28.8 Å². The number of hydrogen-bond donors (Lipinski definition) is 4. The molecule has 2 amide bonds. The van der Waals surface area contributed by atoms with Gasteiger partial charge in [0.25, 0.3) is 0 Å². The Hall–Kier alpha value is -4.42. The van der Waals surface area contributed by atoms with Crippen LogP contribution >= 0.6 is 0 Å². The summed E-state index contributed by atoms with van der Waals surface area (Å²) in [4.78, 5) is 73.7. The van der Waals surface area contributed by atoms with E-state index in [4.69, 9.17) is 0 Å². The van der Waals surface area contributed by atoms with E-state index in [1.807, 2.05) is 0 Å². The first-order chi connectivity index (χ1) is 18.0. The van der Waals surface area contributed by atoms with Crippen molar-refractivity contribution in [1.29, 1.82) is 0 Å². The lowest BCUT2D eigenvalue weighted by molar-refractivity contribution is -0.143. The van der Waals surface area contributed by atoms with Crippen LogP contribution in [-0.2, 0) is 28.7 Å². The summed E-state index contributed by atoms with van der Waals surface area (Å²) in [6.07, 6.45) is 0. The quantitative estimate of drug-likeness (QED) is 0.276. The summed E-state index contributed by atoms with van der Waals surface area (Å²) in [5.41, 5.74) is 1.21. The average molecular weight is 525 g/mol. The highest BCUT2D eigenvalue weighted by molar-refractivity contribution is 6.29. The minimum atomic E-state index is -0.681. The first-order valence-corrected chi connectivity index (χ1v) is 11.6. The summed E-state index contributed by atoms with van der Waals surface area (Å²) >= 11 is 0. The molecule has 200 valence electrons. The highest BCUT2D eigenvalue weighted by Crippen LogP contribution is 2.31. The van der Waals surface area contributed by atoms with Gasteiger partial charge in [0.1, 0.15) is 12.1 Å². The number of methoxy groups -OCH3 is 2. The summed E-state index contributed by atoms with van der Waals surface area (Å²) in [6.45, 7) is 2.77. The van der Waals surface area contributed by atoms with Crippen LogP contribution in [0, 0.1) is 0 Å². The van der Waals surface area contributed by atoms with Crippen LogP contribution in [0.1, 0.15) is 45.7 Å². The van der Waals surface area contributed by atoms with E-state index in [1.54, 1.807) is 13.8 Å². The Kier molecular flexibility index (Phi) is 9.05. The lowest BCUT2D eigenvalue weighted by atomic mass is 9.83. The van der Waals surface area contributed by atoms with Crippen LogP contribution in [0.5, 0.6) is 0 Å². The Labute approximate surface area is 218 Å². The number of anilines is 2. The molecule has 3 rings (SSSR count). The molecule has 0 unspecified atom stereocenters. The zero-order chi connectivity index (χ0) is 28.0. The van der Waals surface area contributed by atoms with E-state index in [-0.39, 0.29) is 35.3 Å². The fourth-order valence-corrected chi connectivity index (χ4v) is 3.73. The number of rotatable bonds is 10. The van der Waals surface area contributed by atoms with Crippen LogP contribution in [0.3, 0.4) is 0 Å². The van der Waals surface area contributed by atoms with Gasteiger partial charge in [-0.25, -0.2) is 0 Å². The summed E-state index contributed by atoms with van der Waals surface area (Å²) in [5, 5.41) is 10.7. The van der Waals surface area contributed by atoms with E-state index in [0.29, 0.717) is 11.4 Å². The molecule has 1 aliphatic carbocycles. The third-order valence-electron chi connectivity index (χ3n) is 5.83. The molecule has 0 saturated heterocycles. The number of hydrogen-bond acceptors (Lipinski definition) is 10. The molecule has 12 nitrogen and oxygen atoms in total. The maximum absolute atomic E-state index is 13.1. The average Bonchev–Trinajstić information content (AvgIpc) is 2.92. The van der Waals surface area contributed by atoms with Crippen molar-refractivity contribution in [2.24, 2.45) is 0 Å². The van der Waals surface area contributed by atoms with Crippen molar-refractivity contribution in [2.75, 3.05) is 37.9 Å². The van der Waals surface area contributed by atoms with Crippen molar-refractivity contribution in [3.8, 4) is 0 Å². The molecule has 2 atom stereocenters. The molecule has 0 heterocycles. The SMILES string of the molecule is COC(=O)[C@H](C)NCC(=O)Nc1ccc2c(c1)C(=O)c1ccc(NC(=O)CN[C@@H](C)C(=O)OC)cc1C2=O. The van der Waals surface area contributed by atoms with Gasteiger partial charge in [-0.2, -0.15) is 0 Å². The molecule has 2 aromatic rings. The van der Waals surface area contributed by atoms with Crippen molar-refractivity contribution in [2.45, 2.75) is 25.9 Å². The van der Waals surface area contributed by atoms with Crippen molar-refractivity contribution in [3.05, 3.63) is 58.7 Å². The topological polar surface area (TPSA) is 169 Å². The normalized spacial score (nSPS) is 13.5. The lowest BCUT2D eigenvalue weighted by Gasteiger charge is -2.19. The second-order valence-electron chi connectivity index (χ2n) is 8.53. The third kappa shape index (κ3) is 6.47. The summed E-state index contributed by atoms with van der Waals surface area (Å²) in [7, 11) is 2.49. The minimum absolute atomic E-state index is 0.133. The summed E-state index contributed by atoms with van der Waals surface area (Å²) < 4.78 is 9.18. The second-order valence-corrected chi connectivity index (χ2v) is 8.53. The number of ether oxygens (including phenoxy) is 2. The van der Waals surface area contributed by atoms with Gasteiger partial charge in [-0.15, -0.1) is 0 Å². The Morgan fingerprint density at radius 3 is 1.37 bits per heavy atom. The first-order valence-electron chi connectivity index (χ1n) is 11.6. The van der Waals surface area contributed by atoms with Crippen molar-refractivity contribution >= 4 is 46.7 Å². The maximum Gasteiger partial charge on any atom is 0.322 e. The summed E-state index contributed by atoms with van der Waals surface area (Å²) in [6, 6.07) is 7.36.